The Morgan fingerprint density at radius 1 is 1.65 bits per heavy atom. The van der Waals surface area contributed by atoms with E-state index in [9.17, 15) is 4.79 Å². The first-order valence-corrected chi connectivity index (χ1v) is 6.61. The maximum absolute atomic E-state index is 11.6. The SMILES string of the molecule is CCC1NC(c2csc3nccn23)CNC1=O. The van der Waals surface area contributed by atoms with Crippen molar-refractivity contribution in [1.82, 2.24) is 20.0 Å². The summed E-state index contributed by atoms with van der Waals surface area (Å²) >= 11 is 1.62. The van der Waals surface area contributed by atoms with Gasteiger partial charge in [-0.15, -0.1) is 11.3 Å². The van der Waals surface area contributed by atoms with Gasteiger partial charge in [0.1, 0.15) is 0 Å². The Balaban J connectivity index is 1.90. The molecule has 1 aliphatic rings. The number of rotatable bonds is 2. The highest BCUT2D eigenvalue weighted by Crippen LogP contribution is 2.22. The summed E-state index contributed by atoms with van der Waals surface area (Å²) < 4.78 is 2.08. The Kier molecular flexibility index (Phi) is 2.60. The summed E-state index contributed by atoms with van der Waals surface area (Å²) in [5, 5.41) is 8.43. The maximum atomic E-state index is 11.6. The summed E-state index contributed by atoms with van der Waals surface area (Å²) in [4.78, 5) is 16.8. The number of hydrogen-bond acceptors (Lipinski definition) is 4. The van der Waals surface area contributed by atoms with Crippen LogP contribution in [0.15, 0.2) is 17.8 Å². The zero-order chi connectivity index (χ0) is 11.8. The number of thiazole rings is 1. The lowest BCUT2D eigenvalue weighted by atomic mass is 10.1. The molecule has 2 aromatic rings. The van der Waals surface area contributed by atoms with Gasteiger partial charge >= 0.3 is 0 Å². The summed E-state index contributed by atoms with van der Waals surface area (Å²) in [6.45, 7) is 2.65. The fourth-order valence-corrected chi connectivity index (χ4v) is 3.10. The highest BCUT2D eigenvalue weighted by atomic mass is 32.1. The number of amides is 1. The molecule has 1 aliphatic heterocycles. The lowest BCUT2D eigenvalue weighted by molar-refractivity contribution is -0.125. The molecule has 0 saturated carbocycles. The Labute approximate surface area is 103 Å². The number of nitrogens with zero attached hydrogens (tertiary/aromatic N) is 2. The molecule has 3 rings (SSSR count). The highest BCUT2D eigenvalue weighted by molar-refractivity contribution is 7.15. The summed E-state index contributed by atoms with van der Waals surface area (Å²) in [5.41, 5.74) is 1.17. The monoisotopic (exact) mass is 250 g/mol. The minimum absolute atomic E-state index is 0.0905. The van der Waals surface area contributed by atoms with Crippen LogP contribution in [0.2, 0.25) is 0 Å². The van der Waals surface area contributed by atoms with Crippen molar-refractivity contribution in [2.24, 2.45) is 0 Å². The number of imidazole rings is 1. The smallest absolute Gasteiger partial charge is 0.237 e. The molecule has 90 valence electrons. The van der Waals surface area contributed by atoms with E-state index in [4.69, 9.17) is 0 Å². The molecule has 0 aromatic carbocycles. The topological polar surface area (TPSA) is 58.4 Å². The van der Waals surface area contributed by atoms with Crippen LogP contribution >= 0.6 is 11.3 Å². The Bertz CT molecular complexity index is 546. The maximum Gasteiger partial charge on any atom is 0.237 e. The molecule has 0 spiro atoms. The zero-order valence-corrected chi connectivity index (χ0v) is 10.3. The zero-order valence-electron chi connectivity index (χ0n) is 9.51. The number of hydrogen-bond donors (Lipinski definition) is 2. The third-order valence-corrected chi connectivity index (χ3v) is 4.01. The molecule has 0 bridgehead atoms. The Morgan fingerprint density at radius 2 is 2.53 bits per heavy atom. The van der Waals surface area contributed by atoms with E-state index in [1.54, 1.807) is 17.5 Å². The molecule has 0 radical (unpaired) electrons. The number of carbonyl (C=O) groups excluding carboxylic acids is 1. The minimum atomic E-state index is -0.0905. The van der Waals surface area contributed by atoms with E-state index in [-0.39, 0.29) is 18.0 Å². The molecule has 3 heterocycles. The standard InChI is InChI=1S/C11H14N4OS/c1-2-7-10(16)13-5-8(14-7)9-6-17-11-12-3-4-15(9)11/h3-4,6-8,14H,2,5H2,1H3,(H,13,16). The minimum Gasteiger partial charge on any atom is -0.353 e. The van der Waals surface area contributed by atoms with Crippen LogP contribution in [0, 0.1) is 0 Å². The van der Waals surface area contributed by atoms with Crippen LogP contribution < -0.4 is 10.6 Å². The van der Waals surface area contributed by atoms with Crippen LogP contribution in [-0.2, 0) is 4.79 Å². The van der Waals surface area contributed by atoms with Crippen LogP contribution in [0.1, 0.15) is 25.1 Å². The quantitative estimate of drug-likeness (QED) is 0.834. The van der Waals surface area contributed by atoms with Crippen LogP contribution in [0.5, 0.6) is 0 Å². The van der Waals surface area contributed by atoms with Gasteiger partial charge in [0.25, 0.3) is 0 Å². The molecular formula is C11H14N4OS. The van der Waals surface area contributed by atoms with Crippen molar-refractivity contribution in [1.29, 1.82) is 0 Å². The van der Waals surface area contributed by atoms with Crippen molar-refractivity contribution in [2.45, 2.75) is 25.4 Å². The van der Waals surface area contributed by atoms with Gasteiger partial charge < -0.3 is 5.32 Å². The number of aromatic nitrogens is 2. The molecule has 2 aromatic heterocycles. The second-order valence-corrected chi connectivity index (χ2v) is 5.00. The lowest BCUT2D eigenvalue weighted by Gasteiger charge is -2.30. The van der Waals surface area contributed by atoms with Crippen molar-refractivity contribution in [3.8, 4) is 0 Å². The number of nitrogens with one attached hydrogen (secondary N) is 2. The van der Waals surface area contributed by atoms with E-state index < -0.39 is 0 Å². The number of fused-ring (bicyclic) bond motifs is 1. The second-order valence-electron chi connectivity index (χ2n) is 4.17. The van der Waals surface area contributed by atoms with Crippen molar-refractivity contribution < 1.29 is 4.79 Å². The summed E-state index contributed by atoms with van der Waals surface area (Å²) in [7, 11) is 0. The van der Waals surface area contributed by atoms with Crippen LogP contribution in [0.25, 0.3) is 4.96 Å². The molecule has 5 nitrogen and oxygen atoms in total. The molecule has 1 fully saturated rings. The highest BCUT2D eigenvalue weighted by Gasteiger charge is 2.28. The summed E-state index contributed by atoms with van der Waals surface area (Å²) in [5.74, 6) is 0.0980. The van der Waals surface area contributed by atoms with Gasteiger partial charge in [0.2, 0.25) is 5.91 Å². The van der Waals surface area contributed by atoms with Gasteiger partial charge in [0.15, 0.2) is 4.96 Å². The van der Waals surface area contributed by atoms with Crippen LogP contribution in [-0.4, -0.2) is 27.9 Å². The number of carbonyl (C=O) groups is 1. The van der Waals surface area contributed by atoms with Gasteiger partial charge in [-0.2, -0.15) is 0 Å². The predicted octanol–water partition coefficient (Wildman–Crippen LogP) is 0.935. The lowest BCUT2D eigenvalue weighted by Crippen LogP contribution is -2.54. The van der Waals surface area contributed by atoms with E-state index in [0.29, 0.717) is 6.54 Å². The average molecular weight is 250 g/mol. The van der Waals surface area contributed by atoms with Crippen molar-refractivity contribution in [2.75, 3.05) is 6.54 Å². The molecular weight excluding hydrogens is 236 g/mol. The van der Waals surface area contributed by atoms with E-state index >= 15 is 0 Å². The van der Waals surface area contributed by atoms with Gasteiger partial charge in [0, 0.05) is 24.3 Å². The van der Waals surface area contributed by atoms with Crippen LogP contribution in [0.3, 0.4) is 0 Å². The molecule has 0 aliphatic carbocycles. The van der Waals surface area contributed by atoms with Gasteiger partial charge in [-0.1, -0.05) is 6.92 Å². The predicted molar refractivity (Wildman–Crippen MR) is 66.0 cm³/mol. The summed E-state index contributed by atoms with van der Waals surface area (Å²) in [6.07, 6.45) is 4.56. The Hall–Kier alpha value is -1.40. The third kappa shape index (κ3) is 1.73. The van der Waals surface area contributed by atoms with E-state index in [1.165, 1.54) is 5.69 Å². The molecule has 1 saturated heterocycles. The number of piperazine rings is 1. The molecule has 2 N–H and O–H groups in total. The normalized spacial score (nSPS) is 25.1. The molecule has 17 heavy (non-hydrogen) atoms. The molecule has 2 atom stereocenters. The van der Waals surface area contributed by atoms with E-state index in [2.05, 4.69) is 25.4 Å². The van der Waals surface area contributed by atoms with E-state index in [0.717, 1.165) is 11.4 Å². The first-order valence-electron chi connectivity index (χ1n) is 5.74. The average Bonchev–Trinajstić information content (AvgIpc) is 2.92. The first kappa shape index (κ1) is 10.7. The van der Waals surface area contributed by atoms with Gasteiger partial charge in [-0.05, 0) is 6.42 Å². The second kappa shape index (κ2) is 4.12. The Morgan fingerprint density at radius 3 is 3.35 bits per heavy atom. The molecule has 2 unspecified atom stereocenters. The van der Waals surface area contributed by atoms with E-state index in [1.807, 2.05) is 13.1 Å². The van der Waals surface area contributed by atoms with Crippen molar-refractivity contribution in [3.05, 3.63) is 23.5 Å². The molecule has 1 amide bonds. The van der Waals surface area contributed by atoms with Gasteiger partial charge in [-0.25, -0.2) is 4.98 Å². The van der Waals surface area contributed by atoms with Gasteiger partial charge in [-0.3, -0.25) is 14.5 Å². The van der Waals surface area contributed by atoms with Gasteiger partial charge in [0.05, 0.1) is 17.8 Å². The van der Waals surface area contributed by atoms with Crippen molar-refractivity contribution in [3.63, 3.8) is 0 Å². The fraction of sp³-hybridized carbons (Fsp3) is 0.455. The molecule has 6 heteroatoms. The van der Waals surface area contributed by atoms with Crippen molar-refractivity contribution >= 4 is 22.2 Å². The first-order chi connectivity index (χ1) is 8.29. The fourth-order valence-electron chi connectivity index (χ4n) is 2.19. The summed E-state index contributed by atoms with van der Waals surface area (Å²) in [6, 6.07) is 0.0767. The largest absolute Gasteiger partial charge is 0.353 e. The third-order valence-electron chi connectivity index (χ3n) is 3.13. The van der Waals surface area contributed by atoms with Crippen LogP contribution in [0.4, 0.5) is 0 Å².